The third-order valence-electron chi connectivity index (χ3n) is 5.50. The molecule has 8 heteroatoms. The second-order valence-corrected chi connectivity index (χ2v) is 9.26. The van der Waals surface area contributed by atoms with Crippen LogP contribution in [0.2, 0.25) is 0 Å². The molecule has 0 unspecified atom stereocenters. The summed E-state index contributed by atoms with van der Waals surface area (Å²) in [7, 11) is -3.53. The molecule has 0 radical (unpaired) electrons. The molecular formula is C20H23F2N3O2S. The second-order valence-electron chi connectivity index (χ2n) is 7.33. The maximum Gasteiger partial charge on any atom is 0.282 e. The lowest BCUT2D eigenvalue weighted by Gasteiger charge is -2.23. The van der Waals surface area contributed by atoms with Crippen LogP contribution in [0, 0.1) is 11.6 Å². The molecule has 1 N–H and O–H groups in total. The quantitative estimate of drug-likeness (QED) is 0.828. The number of hydrogen-bond acceptors (Lipinski definition) is 3. The predicted octanol–water partition coefficient (Wildman–Crippen LogP) is 3.19. The number of benzene rings is 2. The van der Waals surface area contributed by atoms with Gasteiger partial charge in [-0.15, -0.1) is 0 Å². The molecule has 2 aliphatic heterocycles. The number of nitrogens with one attached hydrogen (secondary N) is 1. The number of nitrogens with zero attached hydrogens (tertiary/aromatic N) is 2. The Labute approximate surface area is 164 Å². The molecule has 28 heavy (non-hydrogen) atoms. The van der Waals surface area contributed by atoms with E-state index in [0.29, 0.717) is 25.3 Å². The molecule has 2 aliphatic rings. The summed E-state index contributed by atoms with van der Waals surface area (Å²) < 4.78 is 56.0. The van der Waals surface area contributed by atoms with E-state index >= 15 is 0 Å². The minimum atomic E-state index is -3.53. The van der Waals surface area contributed by atoms with Crippen molar-refractivity contribution >= 4 is 15.9 Å². The van der Waals surface area contributed by atoms with Crippen molar-refractivity contribution in [2.45, 2.75) is 24.8 Å². The highest BCUT2D eigenvalue weighted by Gasteiger charge is 2.42. The number of hydrogen-bond donors (Lipinski definition) is 1. The molecule has 5 nitrogen and oxygen atoms in total. The lowest BCUT2D eigenvalue weighted by Crippen LogP contribution is -2.42. The second kappa shape index (κ2) is 7.77. The number of halogens is 2. The molecule has 2 heterocycles. The van der Waals surface area contributed by atoms with E-state index in [1.807, 2.05) is 30.3 Å². The number of rotatable bonds is 5. The first-order chi connectivity index (χ1) is 13.4. The van der Waals surface area contributed by atoms with Crippen LogP contribution in [0.25, 0.3) is 0 Å². The van der Waals surface area contributed by atoms with E-state index in [9.17, 15) is 17.2 Å². The van der Waals surface area contributed by atoms with Crippen LogP contribution in [-0.2, 0) is 10.2 Å². The summed E-state index contributed by atoms with van der Waals surface area (Å²) in [4.78, 5) is 0. The van der Waals surface area contributed by atoms with Crippen molar-refractivity contribution in [2.75, 3.05) is 31.5 Å². The SMILES string of the molecule is O=S(=O)(N1CCCC1)N1C[C@H](Nc2ccc(F)c(F)c2)[C@@H](c2ccccc2)C1. The minimum absolute atomic E-state index is 0.0910. The van der Waals surface area contributed by atoms with Gasteiger partial charge in [-0.1, -0.05) is 30.3 Å². The maximum atomic E-state index is 13.6. The molecule has 0 aromatic heterocycles. The Balaban J connectivity index is 1.61. The van der Waals surface area contributed by atoms with Gasteiger partial charge in [-0.3, -0.25) is 0 Å². The lowest BCUT2D eigenvalue weighted by atomic mass is 9.94. The van der Waals surface area contributed by atoms with Crippen LogP contribution in [0.1, 0.15) is 24.3 Å². The van der Waals surface area contributed by atoms with E-state index in [2.05, 4.69) is 5.32 Å². The first-order valence-electron chi connectivity index (χ1n) is 9.47. The fraction of sp³-hybridized carbons (Fsp3) is 0.400. The van der Waals surface area contributed by atoms with Gasteiger partial charge in [0.05, 0.1) is 0 Å². The Morgan fingerprint density at radius 2 is 1.61 bits per heavy atom. The largest absolute Gasteiger partial charge is 0.380 e. The zero-order valence-electron chi connectivity index (χ0n) is 15.4. The lowest BCUT2D eigenvalue weighted by molar-refractivity contribution is 0.394. The smallest absolute Gasteiger partial charge is 0.282 e. The van der Waals surface area contributed by atoms with Crippen molar-refractivity contribution in [1.29, 1.82) is 0 Å². The fourth-order valence-electron chi connectivity index (χ4n) is 4.02. The van der Waals surface area contributed by atoms with Crippen LogP contribution in [0.15, 0.2) is 48.5 Å². The molecule has 2 atom stereocenters. The molecule has 150 valence electrons. The van der Waals surface area contributed by atoms with E-state index in [1.165, 1.54) is 14.7 Å². The molecule has 0 spiro atoms. The molecule has 0 amide bonds. The van der Waals surface area contributed by atoms with Gasteiger partial charge < -0.3 is 5.32 Å². The van der Waals surface area contributed by atoms with Crippen LogP contribution in [-0.4, -0.2) is 49.2 Å². The van der Waals surface area contributed by atoms with E-state index in [4.69, 9.17) is 0 Å². The van der Waals surface area contributed by atoms with E-state index in [-0.39, 0.29) is 18.5 Å². The molecule has 2 saturated heterocycles. The first-order valence-corrected chi connectivity index (χ1v) is 10.9. The van der Waals surface area contributed by atoms with E-state index < -0.39 is 21.8 Å². The summed E-state index contributed by atoms with van der Waals surface area (Å²) in [6, 6.07) is 13.1. The summed E-state index contributed by atoms with van der Waals surface area (Å²) in [5, 5.41) is 3.22. The van der Waals surface area contributed by atoms with Crippen LogP contribution in [0.3, 0.4) is 0 Å². The third kappa shape index (κ3) is 3.76. The Morgan fingerprint density at radius 1 is 0.893 bits per heavy atom. The Bertz CT molecular complexity index is 934. The van der Waals surface area contributed by atoms with E-state index in [0.717, 1.165) is 30.5 Å². The monoisotopic (exact) mass is 407 g/mol. The maximum absolute atomic E-state index is 13.6. The topological polar surface area (TPSA) is 52.7 Å². The van der Waals surface area contributed by atoms with Gasteiger partial charge in [0.2, 0.25) is 0 Å². The normalized spacial score (nSPS) is 23.9. The molecular weight excluding hydrogens is 384 g/mol. The molecule has 2 aromatic rings. The standard InChI is InChI=1S/C20H23F2N3O2S/c21-18-9-8-16(12-19(18)22)23-20-14-25(28(26,27)24-10-4-5-11-24)13-17(20)15-6-2-1-3-7-15/h1-3,6-9,12,17,20,23H,4-5,10-11,13-14H2/t17-,20+/m1/s1. The average molecular weight is 407 g/mol. The molecule has 0 bridgehead atoms. The van der Waals surface area contributed by atoms with Crippen molar-refractivity contribution < 1.29 is 17.2 Å². The first kappa shape index (κ1) is 19.3. The third-order valence-corrected chi connectivity index (χ3v) is 7.47. The van der Waals surface area contributed by atoms with Crippen molar-refractivity contribution in [3.63, 3.8) is 0 Å². The van der Waals surface area contributed by atoms with Gasteiger partial charge in [0.15, 0.2) is 11.6 Å². The van der Waals surface area contributed by atoms with Crippen molar-refractivity contribution in [2.24, 2.45) is 0 Å². The van der Waals surface area contributed by atoms with Crippen LogP contribution >= 0.6 is 0 Å². The van der Waals surface area contributed by atoms with Gasteiger partial charge in [0.1, 0.15) is 0 Å². The highest BCUT2D eigenvalue weighted by molar-refractivity contribution is 7.86. The van der Waals surface area contributed by atoms with Crippen LogP contribution in [0.5, 0.6) is 0 Å². The van der Waals surface area contributed by atoms with Gasteiger partial charge >= 0.3 is 0 Å². The van der Waals surface area contributed by atoms with Gasteiger partial charge in [0.25, 0.3) is 10.2 Å². The fourth-order valence-corrected chi connectivity index (χ4v) is 5.77. The predicted molar refractivity (Wildman–Crippen MR) is 104 cm³/mol. The Morgan fingerprint density at radius 3 is 2.29 bits per heavy atom. The summed E-state index contributed by atoms with van der Waals surface area (Å²) in [5.41, 5.74) is 1.45. The van der Waals surface area contributed by atoms with Crippen molar-refractivity contribution in [1.82, 2.24) is 8.61 Å². The molecule has 2 fully saturated rings. The summed E-state index contributed by atoms with van der Waals surface area (Å²) in [6.07, 6.45) is 1.76. The minimum Gasteiger partial charge on any atom is -0.380 e. The highest BCUT2D eigenvalue weighted by Crippen LogP contribution is 2.33. The zero-order chi connectivity index (χ0) is 19.7. The zero-order valence-corrected chi connectivity index (χ0v) is 16.2. The Kier molecular flexibility index (Phi) is 5.35. The molecule has 2 aromatic carbocycles. The van der Waals surface area contributed by atoms with Crippen LogP contribution < -0.4 is 5.32 Å². The summed E-state index contributed by atoms with van der Waals surface area (Å²) in [6.45, 7) is 1.73. The van der Waals surface area contributed by atoms with E-state index in [1.54, 1.807) is 0 Å². The van der Waals surface area contributed by atoms with Gasteiger partial charge in [-0.25, -0.2) is 8.78 Å². The summed E-state index contributed by atoms with van der Waals surface area (Å²) >= 11 is 0. The molecule has 4 rings (SSSR count). The average Bonchev–Trinajstić information content (AvgIpc) is 3.36. The van der Waals surface area contributed by atoms with Gasteiger partial charge in [-0.05, 0) is 30.5 Å². The van der Waals surface area contributed by atoms with Crippen molar-refractivity contribution in [3.8, 4) is 0 Å². The molecule has 0 saturated carbocycles. The van der Waals surface area contributed by atoms with Crippen LogP contribution in [0.4, 0.5) is 14.5 Å². The number of anilines is 1. The van der Waals surface area contributed by atoms with Crippen molar-refractivity contribution in [3.05, 3.63) is 65.7 Å². The summed E-state index contributed by atoms with van der Waals surface area (Å²) in [5.74, 6) is -1.93. The Hall–Kier alpha value is -2.03. The van der Waals surface area contributed by atoms with Gasteiger partial charge in [0, 0.05) is 49.9 Å². The molecule has 0 aliphatic carbocycles. The highest BCUT2D eigenvalue weighted by atomic mass is 32.2. The van der Waals surface area contributed by atoms with Gasteiger partial charge in [-0.2, -0.15) is 17.0 Å².